The topological polar surface area (TPSA) is 97.1 Å². The molecule has 0 bridgehead atoms. The minimum Gasteiger partial charge on any atom is -0.423 e. The maximum atomic E-state index is 12.8. The summed E-state index contributed by atoms with van der Waals surface area (Å²) in [6, 6.07) is 1.42. The maximum absolute atomic E-state index is 12.8. The van der Waals surface area contributed by atoms with Gasteiger partial charge in [-0.05, 0) is 6.07 Å². The number of carbonyl (C=O) groups is 1. The standard InChI is InChI=1S/C15H21N5O3/c1-9-16-19-13(23-9)11-8-22-6-5-20(11)14(21)10-7-12(18-17-10)15(2,3)4/h7,11H,5-6,8H2,1-4H3,(H,17,18). The van der Waals surface area contributed by atoms with Crippen LogP contribution in [0.4, 0.5) is 0 Å². The van der Waals surface area contributed by atoms with Crippen LogP contribution in [-0.2, 0) is 10.2 Å². The molecule has 2 aromatic heterocycles. The van der Waals surface area contributed by atoms with Gasteiger partial charge in [-0.2, -0.15) is 5.10 Å². The predicted octanol–water partition coefficient (Wildman–Crippen LogP) is 1.61. The summed E-state index contributed by atoms with van der Waals surface area (Å²) in [4.78, 5) is 14.5. The van der Waals surface area contributed by atoms with Crippen LogP contribution in [0.2, 0.25) is 0 Å². The molecule has 1 aliphatic rings. The van der Waals surface area contributed by atoms with Crippen LogP contribution in [0.1, 0.15) is 54.8 Å². The minimum atomic E-state index is -0.382. The third-order valence-corrected chi connectivity index (χ3v) is 3.82. The fraction of sp³-hybridized carbons (Fsp3) is 0.600. The van der Waals surface area contributed by atoms with Crippen molar-refractivity contribution in [1.29, 1.82) is 0 Å². The zero-order valence-corrected chi connectivity index (χ0v) is 13.8. The molecule has 0 radical (unpaired) electrons. The lowest BCUT2D eigenvalue weighted by atomic mass is 9.92. The van der Waals surface area contributed by atoms with E-state index in [1.165, 1.54) is 0 Å². The molecule has 0 aromatic carbocycles. The van der Waals surface area contributed by atoms with E-state index in [4.69, 9.17) is 9.15 Å². The van der Waals surface area contributed by atoms with Crippen LogP contribution < -0.4 is 0 Å². The zero-order valence-electron chi connectivity index (χ0n) is 13.8. The SMILES string of the molecule is Cc1nnc(C2COCCN2C(=O)c2cc(C(C)(C)C)[nH]n2)o1. The molecule has 0 spiro atoms. The number of ether oxygens (including phenoxy) is 1. The first kappa shape index (κ1) is 15.7. The van der Waals surface area contributed by atoms with Crippen LogP contribution >= 0.6 is 0 Å². The van der Waals surface area contributed by atoms with Crippen molar-refractivity contribution in [2.24, 2.45) is 0 Å². The minimum absolute atomic E-state index is 0.0977. The average molecular weight is 319 g/mol. The number of aryl methyl sites for hydroxylation is 1. The van der Waals surface area contributed by atoms with Gasteiger partial charge >= 0.3 is 0 Å². The highest BCUT2D eigenvalue weighted by atomic mass is 16.5. The average Bonchev–Trinajstić information content (AvgIpc) is 3.15. The number of amides is 1. The Morgan fingerprint density at radius 1 is 1.39 bits per heavy atom. The number of rotatable bonds is 2. The highest BCUT2D eigenvalue weighted by molar-refractivity contribution is 5.92. The molecular formula is C15H21N5O3. The Hall–Kier alpha value is -2.22. The van der Waals surface area contributed by atoms with Crippen LogP contribution in [0.25, 0.3) is 0 Å². The highest BCUT2D eigenvalue weighted by Gasteiger charge is 2.34. The number of H-pyrrole nitrogens is 1. The van der Waals surface area contributed by atoms with Gasteiger partial charge in [0.25, 0.3) is 5.91 Å². The number of aromatic amines is 1. The Labute approximate surface area is 134 Å². The number of carbonyl (C=O) groups excluding carboxylic acids is 1. The molecule has 23 heavy (non-hydrogen) atoms. The fourth-order valence-corrected chi connectivity index (χ4v) is 2.46. The summed E-state index contributed by atoms with van der Waals surface area (Å²) in [7, 11) is 0. The van der Waals surface area contributed by atoms with Crippen LogP contribution in [-0.4, -0.2) is 51.0 Å². The molecule has 124 valence electrons. The number of hydrogen-bond donors (Lipinski definition) is 1. The van der Waals surface area contributed by atoms with Gasteiger partial charge in [-0.3, -0.25) is 9.89 Å². The van der Waals surface area contributed by atoms with Gasteiger partial charge in [-0.25, -0.2) is 0 Å². The predicted molar refractivity (Wildman–Crippen MR) is 80.9 cm³/mol. The van der Waals surface area contributed by atoms with E-state index in [2.05, 4.69) is 41.2 Å². The largest absolute Gasteiger partial charge is 0.423 e. The molecule has 0 aliphatic carbocycles. The molecule has 1 unspecified atom stereocenters. The molecule has 3 heterocycles. The number of morpholine rings is 1. The summed E-state index contributed by atoms with van der Waals surface area (Å²) < 4.78 is 10.9. The number of aromatic nitrogens is 4. The second-order valence-electron chi connectivity index (χ2n) is 6.67. The van der Waals surface area contributed by atoms with Crippen LogP contribution in [0, 0.1) is 6.92 Å². The van der Waals surface area contributed by atoms with E-state index in [-0.39, 0.29) is 17.4 Å². The summed E-state index contributed by atoms with van der Waals surface area (Å²) in [6.45, 7) is 9.18. The molecule has 3 rings (SSSR count). The summed E-state index contributed by atoms with van der Waals surface area (Å²) in [6.07, 6.45) is 0. The van der Waals surface area contributed by atoms with E-state index in [9.17, 15) is 4.79 Å². The van der Waals surface area contributed by atoms with Gasteiger partial charge in [-0.15, -0.1) is 10.2 Å². The molecule has 8 heteroatoms. The Morgan fingerprint density at radius 3 is 2.78 bits per heavy atom. The van der Waals surface area contributed by atoms with Crippen LogP contribution in [0.15, 0.2) is 10.5 Å². The van der Waals surface area contributed by atoms with Gasteiger partial charge in [0.15, 0.2) is 0 Å². The van der Waals surface area contributed by atoms with Crippen molar-refractivity contribution < 1.29 is 13.9 Å². The summed E-state index contributed by atoms with van der Waals surface area (Å²) in [5, 5.41) is 15.0. The number of nitrogens with zero attached hydrogens (tertiary/aromatic N) is 4. The smallest absolute Gasteiger partial charge is 0.275 e. The van der Waals surface area contributed by atoms with Crippen LogP contribution in [0.3, 0.4) is 0 Å². The summed E-state index contributed by atoms with van der Waals surface area (Å²) in [5.41, 5.74) is 1.21. The van der Waals surface area contributed by atoms with E-state index in [1.54, 1.807) is 17.9 Å². The third kappa shape index (κ3) is 3.12. The lowest BCUT2D eigenvalue weighted by Gasteiger charge is -2.32. The first-order valence-corrected chi connectivity index (χ1v) is 7.61. The Kier molecular flexibility index (Phi) is 3.93. The third-order valence-electron chi connectivity index (χ3n) is 3.82. The normalized spacial score (nSPS) is 19.1. The van der Waals surface area contributed by atoms with Crippen molar-refractivity contribution >= 4 is 5.91 Å². The van der Waals surface area contributed by atoms with Crippen molar-refractivity contribution in [3.63, 3.8) is 0 Å². The second kappa shape index (κ2) is 5.77. The molecule has 1 fully saturated rings. The molecule has 1 amide bonds. The highest BCUT2D eigenvalue weighted by Crippen LogP contribution is 2.26. The van der Waals surface area contributed by atoms with Crippen molar-refractivity contribution in [2.45, 2.75) is 39.2 Å². The first-order chi connectivity index (χ1) is 10.9. The Morgan fingerprint density at radius 2 is 2.17 bits per heavy atom. The fourth-order valence-electron chi connectivity index (χ4n) is 2.46. The van der Waals surface area contributed by atoms with E-state index in [0.717, 1.165) is 5.69 Å². The van der Waals surface area contributed by atoms with Gasteiger partial charge in [-0.1, -0.05) is 20.8 Å². The molecule has 2 aromatic rings. The Bertz CT molecular complexity index is 700. The lowest BCUT2D eigenvalue weighted by molar-refractivity contribution is -0.0109. The van der Waals surface area contributed by atoms with Crippen molar-refractivity contribution in [3.05, 3.63) is 29.2 Å². The van der Waals surface area contributed by atoms with Crippen molar-refractivity contribution in [2.75, 3.05) is 19.8 Å². The molecule has 1 atom stereocenters. The van der Waals surface area contributed by atoms with E-state index >= 15 is 0 Å². The quantitative estimate of drug-likeness (QED) is 0.903. The van der Waals surface area contributed by atoms with Gasteiger partial charge in [0.1, 0.15) is 11.7 Å². The zero-order chi connectivity index (χ0) is 16.6. The summed E-state index contributed by atoms with van der Waals surface area (Å²) in [5.74, 6) is 0.691. The van der Waals surface area contributed by atoms with E-state index in [0.29, 0.717) is 37.2 Å². The van der Waals surface area contributed by atoms with E-state index < -0.39 is 0 Å². The number of nitrogens with one attached hydrogen (secondary N) is 1. The van der Waals surface area contributed by atoms with Crippen molar-refractivity contribution in [3.8, 4) is 0 Å². The monoisotopic (exact) mass is 319 g/mol. The van der Waals surface area contributed by atoms with Crippen LogP contribution in [0.5, 0.6) is 0 Å². The molecular weight excluding hydrogens is 298 g/mol. The molecule has 1 N–H and O–H groups in total. The molecule has 1 saturated heterocycles. The van der Waals surface area contributed by atoms with Gasteiger partial charge in [0, 0.05) is 24.6 Å². The van der Waals surface area contributed by atoms with Gasteiger partial charge in [0.05, 0.1) is 13.2 Å². The molecule has 8 nitrogen and oxygen atoms in total. The molecule has 1 aliphatic heterocycles. The lowest BCUT2D eigenvalue weighted by Crippen LogP contribution is -2.43. The van der Waals surface area contributed by atoms with Crippen molar-refractivity contribution in [1.82, 2.24) is 25.3 Å². The Balaban J connectivity index is 1.85. The summed E-state index contributed by atoms with van der Waals surface area (Å²) >= 11 is 0. The molecule has 0 saturated carbocycles. The first-order valence-electron chi connectivity index (χ1n) is 7.61. The van der Waals surface area contributed by atoms with Gasteiger partial charge < -0.3 is 14.1 Å². The maximum Gasteiger partial charge on any atom is 0.275 e. The van der Waals surface area contributed by atoms with E-state index in [1.807, 2.05) is 0 Å². The number of hydrogen-bond acceptors (Lipinski definition) is 6. The second-order valence-corrected chi connectivity index (χ2v) is 6.67. The van der Waals surface area contributed by atoms with Gasteiger partial charge in [0.2, 0.25) is 11.8 Å².